The summed E-state index contributed by atoms with van der Waals surface area (Å²) < 4.78 is 53.5. The van der Waals surface area contributed by atoms with Gasteiger partial charge in [0.05, 0.1) is 11.1 Å². The van der Waals surface area contributed by atoms with Gasteiger partial charge in [-0.1, -0.05) is 11.6 Å². The summed E-state index contributed by atoms with van der Waals surface area (Å²) in [6, 6.07) is 1.71. The van der Waals surface area contributed by atoms with Crippen LogP contribution < -0.4 is 11.2 Å². The Kier molecular flexibility index (Phi) is 5.00. The van der Waals surface area contributed by atoms with E-state index in [0.29, 0.717) is 6.07 Å². The highest BCUT2D eigenvalue weighted by atomic mass is 35.5. The SMILES string of the molecule is Cn1c(C(F)(F)F)cc(=O)n(-c2cc(C(C)(C)C(=O)O)c(Cl)cc2F)c1=O. The second-order valence-electron chi connectivity index (χ2n) is 6.26. The standard InChI is InChI=1S/C16H13ClF4N2O4/c1-15(2,13(25)26)7-4-10(9(18)5-8(7)17)23-12(24)6-11(16(19,20)21)22(3)14(23)27/h4-6H,1-3H3,(H,25,26). The molecule has 0 saturated carbocycles. The Labute approximate surface area is 154 Å². The van der Waals surface area contributed by atoms with Gasteiger partial charge in [0, 0.05) is 18.1 Å². The molecule has 2 aromatic rings. The first-order valence-corrected chi connectivity index (χ1v) is 7.71. The lowest BCUT2D eigenvalue weighted by Gasteiger charge is -2.22. The van der Waals surface area contributed by atoms with Crippen LogP contribution in [0.3, 0.4) is 0 Å². The molecule has 0 fully saturated rings. The van der Waals surface area contributed by atoms with Crippen LogP contribution in [0, 0.1) is 5.82 Å². The molecule has 0 aliphatic rings. The van der Waals surface area contributed by atoms with Crippen molar-refractivity contribution in [1.82, 2.24) is 9.13 Å². The highest BCUT2D eigenvalue weighted by molar-refractivity contribution is 6.31. The predicted molar refractivity (Wildman–Crippen MR) is 87.9 cm³/mol. The van der Waals surface area contributed by atoms with Gasteiger partial charge in [-0.15, -0.1) is 0 Å². The molecule has 0 saturated heterocycles. The minimum Gasteiger partial charge on any atom is -0.481 e. The average molecular weight is 409 g/mol. The van der Waals surface area contributed by atoms with Crippen LogP contribution >= 0.6 is 11.6 Å². The summed E-state index contributed by atoms with van der Waals surface area (Å²) in [6.07, 6.45) is -4.97. The number of aromatic nitrogens is 2. The molecule has 1 aromatic heterocycles. The van der Waals surface area contributed by atoms with Crippen molar-refractivity contribution < 1.29 is 27.5 Å². The molecule has 146 valence electrons. The number of hydrogen-bond acceptors (Lipinski definition) is 3. The van der Waals surface area contributed by atoms with Crippen molar-refractivity contribution in [2.45, 2.75) is 25.4 Å². The van der Waals surface area contributed by atoms with Crippen molar-refractivity contribution in [2.75, 3.05) is 0 Å². The first kappa shape index (κ1) is 20.7. The molecule has 27 heavy (non-hydrogen) atoms. The summed E-state index contributed by atoms with van der Waals surface area (Å²) in [5.74, 6) is -2.50. The fourth-order valence-electron chi connectivity index (χ4n) is 2.42. The molecule has 0 spiro atoms. The first-order chi connectivity index (χ1) is 12.2. The summed E-state index contributed by atoms with van der Waals surface area (Å²) in [5, 5.41) is 9.04. The van der Waals surface area contributed by atoms with Gasteiger partial charge in [-0.3, -0.25) is 14.2 Å². The lowest BCUT2D eigenvalue weighted by atomic mass is 9.84. The minimum absolute atomic E-state index is 0.123. The number of halogens is 5. The van der Waals surface area contributed by atoms with Crippen LogP contribution in [0.1, 0.15) is 25.1 Å². The van der Waals surface area contributed by atoms with E-state index < -0.39 is 46.0 Å². The van der Waals surface area contributed by atoms with Gasteiger partial charge in [-0.05, 0) is 31.5 Å². The summed E-state index contributed by atoms with van der Waals surface area (Å²) >= 11 is 5.89. The van der Waals surface area contributed by atoms with Gasteiger partial charge in [-0.2, -0.15) is 13.2 Å². The lowest BCUT2D eigenvalue weighted by Crippen LogP contribution is -2.41. The van der Waals surface area contributed by atoms with Gasteiger partial charge in [0.2, 0.25) is 0 Å². The molecule has 0 atom stereocenters. The summed E-state index contributed by atoms with van der Waals surface area (Å²) in [7, 11) is 0.775. The van der Waals surface area contributed by atoms with Gasteiger partial charge in [0.1, 0.15) is 11.5 Å². The molecule has 0 bridgehead atoms. The third-order valence-corrected chi connectivity index (χ3v) is 4.41. The van der Waals surface area contributed by atoms with Crippen LogP contribution in [0.15, 0.2) is 27.8 Å². The van der Waals surface area contributed by atoms with Gasteiger partial charge < -0.3 is 5.11 Å². The monoisotopic (exact) mass is 408 g/mol. The smallest absolute Gasteiger partial charge is 0.431 e. The quantitative estimate of drug-likeness (QED) is 0.792. The number of hydrogen-bond donors (Lipinski definition) is 1. The Balaban J connectivity index is 2.89. The topological polar surface area (TPSA) is 81.3 Å². The summed E-state index contributed by atoms with van der Waals surface area (Å²) in [5.41, 5.74) is -6.83. The maximum atomic E-state index is 14.4. The molecule has 1 N–H and O–H groups in total. The zero-order valence-corrected chi connectivity index (χ0v) is 14.9. The first-order valence-electron chi connectivity index (χ1n) is 7.33. The van der Waals surface area contributed by atoms with Crippen molar-refractivity contribution in [2.24, 2.45) is 7.05 Å². The number of carboxylic acid groups (broad SMARTS) is 1. The van der Waals surface area contributed by atoms with E-state index in [9.17, 15) is 37.1 Å². The van der Waals surface area contributed by atoms with Crippen LogP contribution in [0.2, 0.25) is 5.02 Å². The molecule has 1 aromatic carbocycles. The Morgan fingerprint density at radius 3 is 2.19 bits per heavy atom. The van der Waals surface area contributed by atoms with E-state index in [1.165, 1.54) is 13.8 Å². The lowest BCUT2D eigenvalue weighted by molar-refractivity contribution is -0.144. The maximum absolute atomic E-state index is 14.4. The molecule has 6 nitrogen and oxygen atoms in total. The molecule has 0 aliphatic carbocycles. The van der Waals surface area contributed by atoms with E-state index >= 15 is 0 Å². The average Bonchev–Trinajstić information content (AvgIpc) is 2.51. The predicted octanol–water partition coefficient (Wildman–Crippen LogP) is 2.71. The summed E-state index contributed by atoms with van der Waals surface area (Å²) in [6.45, 7) is 2.51. The molecule has 0 radical (unpaired) electrons. The second kappa shape index (κ2) is 6.52. The maximum Gasteiger partial charge on any atom is 0.431 e. The van der Waals surface area contributed by atoms with Crippen molar-refractivity contribution in [3.8, 4) is 5.69 Å². The fraction of sp³-hybridized carbons (Fsp3) is 0.312. The van der Waals surface area contributed by atoms with Gasteiger partial charge >= 0.3 is 17.8 Å². The van der Waals surface area contributed by atoms with Gasteiger partial charge in [0.15, 0.2) is 0 Å². The van der Waals surface area contributed by atoms with E-state index in [-0.39, 0.29) is 25.8 Å². The second-order valence-corrected chi connectivity index (χ2v) is 6.66. The molecular weight excluding hydrogens is 396 g/mol. The van der Waals surface area contributed by atoms with Crippen molar-refractivity contribution in [3.63, 3.8) is 0 Å². The van der Waals surface area contributed by atoms with Crippen LogP contribution in [-0.4, -0.2) is 20.2 Å². The molecule has 0 aliphatic heterocycles. The Morgan fingerprint density at radius 1 is 1.15 bits per heavy atom. The highest BCUT2D eigenvalue weighted by Gasteiger charge is 2.36. The van der Waals surface area contributed by atoms with E-state index in [4.69, 9.17) is 11.6 Å². The largest absolute Gasteiger partial charge is 0.481 e. The van der Waals surface area contributed by atoms with Crippen LogP contribution in [-0.2, 0) is 23.4 Å². The van der Waals surface area contributed by atoms with Crippen LogP contribution in [0.4, 0.5) is 17.6 Å². The molecule has 11 heteroatoms. The van der Waals surface area contributed by atoms with Gasteiger partial charge in [-0.25, -0.2) is 13.8 Å². The normalized spacial score (nSPS) is 12.3. The number of aliphatic carboxylic acids is 1. The molecular formula is C16H13ClF4N2O4. The zero-order valence-electron chi connectivity index (χ0n) is 14.2. The zero-order chi connectivity index (χ0) is 20.9. The molecule has 0 unspecified atom stereocenters. The summed E-state index contributed by atoms with van der Waals surface area (Å²) in [4.78, 5) is 35.9. The molecule has 1 heterocycles. The van der Waals surface area contributed by atoms with Crippen molar-refractivity contribution in [1.29, 1.82) is 0 Å². The van der Waals surface area contributed by atoms with E-state index in [2.05, 4.69) is 0 Å². The number of rotatable bonds is 3. The van der Waals surface area contributed by atoms with Crippen molar-refractivity contribution >= 4 is 17.6 Å². The Morgan fingerprint density at radius 2 is 1.70 bits per heavy atom. The van der Waals surface area contributed by atoms with Crippen molar-refractivity contribution in [3.05, 3.63) is 61.1 Å². The highest BCUT2D eigenvalue weighted by Crippen LogP contribution is 2.33. The van der Waals surface area contributed by atoms with E-state index in [1.54, 1.807) is 0 Å². The number of benzene rings is 1. The van der Waals surface area contributed by atoms with E-state index in [1.807, 2.05) is 0 Å². The molecule has 0 amide bonds. The number of carbonyl (C=O) groups is 1. The third kappa shape index (κ3) is 3.48. The number of nitrogens with zero attached hydrogens (tertiary/aromatic N) is 2. The molecule has 2 rings (SSSR count). The van der Waals surface area contributed by atoms with Gasteiger partial charge in [0.25, 0.3) is 5.56 Å². The van der Waals surface area contributed by atoms with E-state index in [0.717, 1.165) is 13.1 Å². The number of carboxylic acids is 1. The van der Waals surface area contributed by atoms with Crippen LogP contribution in [0.25, 0.3) is 5.69 Å². The minimum atomic E-state index is -4.97. The van der Waals surface area contributed by atoms with Crippen LogP contribution in [0.5, 0.6) is 0 Å². The Bertz CT molecular complexity index is 1050. The fourth-order valence-corrected chi connectivity index (χ4v) is 2.81. The number of alkyl halides is 3. The Hall–Kier alpha value is -2.62. The third-order valence-electron chi connectivity index (χ3n) is 4.10.